The number of benzene rings is 6. The van der Waals surface area contributed by atoms with Gasteiger partial charge in [0.05, 0.1) is 11.4 Å². The van der Waals surface area contributed by atoms with Crippen molar-refractivity contribution in [3.8, 4) is 5.75 Å². The van der Waals surface area contributed by atoms with Gasteiger partial charge >= 0.3 is 0 Å². The molecule has 0 saturated heterocycles. The Labute approximate surface area is 274 Å². The van der Waals surface area contributed by atoms with E-state index in [1.54, 1.807) is 24.3 Å². The summed E-state index contributed by atoms with van der Waals surface area (Å²) in [5.74, 6) is -0.0334. The number of phenols is 1. The minimum Gasteiger partial charge on any atom is -0.505 e. The highest BCUT2D eigenvalue weighted by molar-refractivity contribution is 7.86. The molecule has 0 radical (unpaired) electrons. The largest absolute Gasteiger partial charge is 0.505 e. The van der Waals surface area contributed by atoms with Crippen molar-refractivity contribution >= 4 is 75.9 Å². The lowest BCUT2D eigenvalue weighted by molar-refractivity contribution is 0.482. The molecule has 48 heavy (non-hydrogen) atoms. The average Bonchev–Trinajstić information content (AvgIpc) is 3.05. The topological polar surface area (TPSA) is 216 Å². The fourth-order valence-electron chi connectivity index (χ4n) is 4.92. The first-order valence-electron chi connectivity index (χ1n) is 14.1. The van der Waals surface area contributed by atoms with Crippen LogP contribution < -0.4 is 11.1 Å². The summed E-state index contributed by atoms with van der Waals surface area (Å²) in [4.78, 5) is -1.06. The number of rotatable bonds is 9. The first-order valence-corrected chi connectivity index (χ1v) is 17.0. The van der Waals surface area contributed by atoms with Crippen molar-refractivity contribution in [1.29, 1.82) is 0 Å². The fraction of sp³-hybridized carbons (Fsp3) is 0.0303. The van der Waals surface area contributed by atoms with Crippen LogP contribution in [0.25, 0.3) is 21.5 Å². The zero-order chi connectivity index (χ0) is 34.1. The van der Waals surface area contributed by atoms with Gasteiger partial charge in [0.1, 0.15) is 21.2 Å². The quantitative estimate of drug-likeness (QED) is 0.0563. The molecule has 242 valence electrons. The van der Waals surface area contributed by atoms with Gasteiger partial charge in [0.15, 0.2) is 5.75 Å². The molecule has 0 spiro atoms. The van der Waals surface area contributed by atoms with E-state index in [1.807, 2.05) is 42.5 Å². The lowest BCUT2D eigenvalue weighted by Gasteiger charge is -2.09. The van der Waals surface area contributed by atoms with Crippen LogP contribution in [0.15, 0.2) is 139 Å². The van der Waals surface area contributed by atoms with Crippen LogP contribution in [-0.4, -0.2) is 31.0 Å². The van der Waals surface area contributed by atoms with Crippen LogP contribution in [-0.2, 0) is 26.8 Å². The van der Waals surface area contributed by atoms with Gasteiger partial charge in [-0.3, -0.25) is 9.11 Å². The molecule has 0 saturated carbocycles. The molecule has 0 amide bonds. The molecule has 6 aromatic carbocycles. The normalized spacial score (nSPS) is 12.4. The number of nitrogen functional groups attached to an aromatic ring is 1. The van der Waals surface area contributed by atoms with E-state index >= 15 is 0 Å². The summed E-state index contributed by atoms with van der Waals surface area (Å²) in [7, 11) is -9.42. The molecule has 0 bridgehead atoms. The van der Waals surface area contributed by atoms with E-state index in [-0.39, 0.29) is 33.6 Å². The Balaban J connectivity index is 1.19. The standard InChI is InChI=1S/C33H26N6O7S2/c34-23-7-4-20(5-8-23)19-35-26-13-14-27-22(16-26)6-15-29(33(27)40)38-36-24-9-11-25(12-10-24)37-39-30-18-28-21(17-32(30)48(44,45)46)2-1-3-31(28)47(41,42)43/h1-18,35,40H,19,34H2,(H,41,42,43)(H,44,45,46). The molecule has 0 aliphatic rings. The van der Waals surface area contributed by atoms with Crippen molar-refractivity contribution in [2.24, 2.45) is 20.5 Å². The van der Waals surface area contributed by atoms with E-state index < -0.39 is 30.0 Å². The second kappa shape index (κ2) is 12.8. The van der Waals surface area contributed by atoms with Gasteiger partial charge in [0.25, 0.3) is 20.2 Å². The highest BCUT2D eigenvalue weighted by atomic mass is 32.2. The minimum absolute atomic E-state index is 0.0134. The predicted octanol–water partition coefficient (Wildman–Crippen LogP) is 8.22. The van der Waals surface area contributed by atoms with E-state index in [0.717, 1.165) is 34.8 Å². The van der Waals surface area contributed by atoms with Crippen LogP contribution in [0.1, 0.15) is 5.56 Å². The van der Waals surface area contributed by atoms with E-state index in [4.69, 9.17) is 5.73 Å². The zero-order valence-electron chi connectivity index (χ0n) is 24.8. The summed E-state index contributed by atoms with van der Waals surface area (Å²) in [6.45, 7) is 0.608. The van der Waals surface area contributed by atoms with Gasteiger partial charge in [-0.15, -0.1) is 10.2 Å². The Kier molecular flexibility index (Phi) is 8.59. The lowest BCUT2D eigenvalue weighted by atomic mass is 10.1. The number of fused-ring (bicyclic) bond motifs is 2. The molecule has 6 aromatic rings. The van der Waals surface area contributed by atoms with Crippen molar-refractivity contribution in [2.75, 3.05) is 11.1 Å². The van der Waals surface area contributed by atoms with Gasteiger partial charge in [-0.2, -0.15) is 27.1 Å². The Morgan fingerprint density at radius 1 is 0.604 bits per heavy atom. The number of azo groups is 2. The van der Waals surface area contributed by atoms with Crippen LogP contribution in [0.4, 0.5) is 34.1 Å². The number of nitrogens with two attached hydrogens (primary N) is 1. The summed E-state index contributed by atoms with van der Waals surface area (Å²) in [5.41, 5.74) is 9.00. The van der Waals surface area contributed by atoms with Crippen molar-refractivity contribution in [3.63, 3.8) is 0 Å². The molecule has 0 aliphatic heterocycles. The Hall–Kier alpha value is -5.74. The van der Waals surface area contributed by atoms with Crippen LogP contribution in [0.3, 0.4) is 0 Å². The Bertz CT molecular complexity index is 2470. The predicted molar refractivity (Wildman–Crippen MR) is 182 cm³/mol. The molecule has 0 aromatic heterocycles. The summed E-state index contributed by atoms with van der Waals surface area (Å²) in [6, 6.07) is 28.8. The van der Waals surface area contributed by atoms with Crippen LogP contribution in [0, 0.1) is 0 Å². The van der Waals surface area contributed by atoms with Crippen molar-refractivity contribution in [1.82, 2.24) is 0 Å². The fourth-order valence-corrected chi connectivity index (χ4v) is 6.26. The number of nitrogens with one attached hydrogen (secondary N) is 1. The van der Waals surface area contributed by atoms with Crippen molar-refractivity contribution < 1.29 is 31.0 Å². The molecule has 0 atom stereocenters. The Morgan fingerprint density at radius 3 is 1.88 bits per heavy atom. The lowest BCUT2D eigenvalue weighted by Crippen LogP contribution is -2.01. The van der Waals surface area contributed by atoms with Crippen molar-refractivity contribution in [3.05, 3.63) is 115 Å². The maximum absolute atomic E-state index is 12.1. The van der Waals surface area contributed by atoms with E-state index in [0.29, 0.717) is 23.3 Å². The molecule has 0 aliphatic carbocycles. The molecule has 6 N–H and O–H groups in total. The minimum atomic E-state index is -4.77. The van der Waals surface area contributed by atoms with E-state index in [9.17, 15) is 31.0 Å². The SMILES string of the molecule is Nc1ccc(CNc2ccc3c(O)c(N=Nc4ccc(N=Nc5cc6c(S(=O)(=O)O)cccc6cc5S(=O)(=O)O)cc4)ccc3c2)cc1. The number of nitrogens with zero attached hydrogens (tertiary/aromatic N) is 4. The van der Waals surface area contributed by atoms with E-state index in [2.05, 4.69) is 25.8 Å². The highest BCUT2D eigenvalue weighted by Crippen LogP contribution is 2.37. The maximum atomic E-state index is 12.1. The van der Waals surface area contributed by atoms with Gasteiger partial charge in [0, 0.05) is 28.7 Å². The summed E-state index contributed by atoms with van der Waals surface area (Å²) in [5, 5.41) is 32.0. The molecule has 0 fully saturated rings. The second-order valence-corrected chi connectivity index (χ2v) is 13.4. The number of phenolic OH excluding ortho intramolecular Hbond substituents is 1. The van der Waals surface area contributed by atoms with Crippen molar-refractivity contribution in [2.45, 2.75) is 16.3 Å². The van der Waals surface area contributed by atoms with Gasteiger partial charge < -0.3 is 16.2 Å². The molecule has 15 heteroatoms. The third-order valence-corrected chi connectivity index (χ3v) is 9.11. The number of aromatic hydroxyl groups is 1. The zero-order valence-corrected chi connectivity index (χ0v) is 26.4. The summed E-state index contributed by atoms with van der Waals surface area (Å²) in [6.07, 6.45) is 0. The van der Waals surface area contributed by atoms with Gasteiger partial charge in [0.2, 0.25) is 0 Å². The van der Waals surface area contributed by atoms with Gasteiger partial charge in [-0.25, -0.2) is 0 Å². The summed E-state index contributed by atoms with van der Waals surface area (Å²) < 4.78 is 67.2. The molecular weight excluding hydrogens is 657 g/mol. The Morgan fingerprint density at radius 2 is 1.23 bits per heavy atom. The molecule has 13 nitrogen and oxygen atoms in total. The summed E-state index contributed by atoms with van der Waals surface area (Å²) >= 11 is 0. The van der Waals surface area contributed by atoms with E-state index in [1.165, 1.54) is 24.3 Å². The van der Waals surface area contributed by atoms with Crippen LogP contribution in [0.5, 0.6) is 5.75 Å². The third-order valence-electron chi connectivity index (χ3n) is 7.32. The molecule has 0 unspecified atom stereocenters. The molecular formula is C33H26N6O7S2. The third kappa shape index (κ3) is 7.13. The number of hydrogen-bond donors (Lipinski definition) is 5. The van der Waals surface area contributed by atoms with Crippen LogP contribution in [0.2, 0.25) is 0 Å². The van der Waals surface area contributed by atoms with Crippen LogP contribution >= 0.6 is 0 Å². The number of anilines is 2. The second-order valence-electron chi connectivity index (χ2n) is 10.6. The molecule has 6 rings (SSSR count). The first-order chi connectivity index (χ1) is 22.8. The smallest absolute Gasteiger partial charge is 0.296 e. The highest BCUT2D eigenvalue weighted by Gasteiger charge is 2.21. The monoisotopic (exact) mass is 682 g/mol. The first kappa shape index (κ1) is 32.2. The average molecular weight is 683 g/mol. The van der Waals surface area contributed by atoms with Gasteiger partial charge in [-0.05, 0) is 95.2 Å². The van der Waals surface area contributed by atoms with Gasteiger partial charge in [-0.1, -0.05) is 30.3 Å². The molecule has 0 heterocycles. The number of hydrogen-bond acceptors (Lipinski definition) is 11. The maximum Gasteiger partial charge on any atom is 0.296 e.